The number of hydrogen-bond acceptors (Lipinski definition) is 3. The monoisotopic (exact) mass is 227 g/mol. The number of hydrogen-bond donors (Lipinski definition) is 2. The van der Waals surface area contributed by atoms with Gasteiger partial charge in [0.25, 0.3) is 0 Å². The van der Waals surface area contributed by atoms with Gasteiger partial charge in [-0.25, -0.2) is 0 Å². The van der Waals surface area contributed by atoms with Gasteiger partial charge in [-0.3, -0.25) is 0 Å². The molecule has 1 aromatic rings. The fourth-order valence-corrected chi connectivity index (χ4v) is 2.36. The zero-order valence-corrected chi connectivity index (χ0v) is 10.4. The minimum atomic E-state index is -0.552. The summed E-state index contributed by atoms with van der Waals surface area (Å²) in [5, 5.41) is 17.5. The number of thiophene rings is 1. The standard InChI is InChI=1S/C12H21NOS/c1-3-6-12(2,14)10-13-7-4-11-5-8-15-9-11/h5,8-9,13-14H,3-4,6-7,10H2,1-2H3. The van der Waals surface area contributed by atoms with Gasteiger partial charge in [-0.15, -0.1) is 0 Å². The molecule has 0 radical (unpaired) electrons. The molecule has 0 aliphatic carbocycles. The van der Waals surface area contributed by atoms with E-state index in [9.17, 15) is 5.11 Å². The molecule has 3 heteroatoms. The van der Waals surface area contributed by atoms with Crippen molar-refractivity contribution in [3.63, 3.8) is 0 Å². The Bertz CT molecular complexity index is 257. The minimum Gasteiger partial charge on any atom is -0.389 e. The summed E-state index contributed by atoms with van der Waals surface area (Å²) >= 11 is 1.73. The predicted molar refractivity (Wildman–Crippen MR) is 66.4 cm³/mol. The van der Waals surface area contributed by atoms with Gasteiger partial charge in [0, 0.05) is 6.54 Å². The molecule has 0 amide bonds. The van der Waals surface area contributed by atoms with Crippen molar-refractivity contribution >= 4 is 11.3 Å². The summed E-state index contributed by atoms with van der Waals surface area (Å²) in [5.74, 6) is 0. The third-order valence-electron chi connectivity index (χ3n) is 2.46. The molecule has 0 bridgehead atoms. The van der Waals surface area contributed by atoms with Crippen molar-refractivity contribution in [2.75, 3.05) is 13.1 Å². The molecule has 2 nitrogen and oxygen atoms in total. The highest BCUT2D eigenvalue weighted by Gasteiger charge is 2.17. The van der Waals surface area contributed by atoms with Crippen molar-refractivity contribution in [2.45, 2.75) is 38.7 Å². The van der Waals surface area contributed by atoms with Gasteiger partial charge in [-0.05, 0) is 48.7 Å². The Labute approximate surface area is 96.3 Å². The lowest BCUT2D eigenvalue weighted by Gasteiger charge is -2.22. The van der Waals surface area contributed by atoms with Crippen molar-refractivity contribution in [3.05, 3.63) is 22.4 Å². The lowest BCUT2D eigenvalue weighted by Crippen LogP contribution is -2.38. The van der Waals surface area contributed by atoms with E-state index in [1.165, 1.54) is 5.56 Å². The summed E-state index contributed by atoms with van der Waals surface area (Å²) in [6.07, 6.45) is 2.93. The Kier molecular flexibility index (Phi) is 5.29. The highest BCUT2D eigenvalue weighted by Crippen LogP contribution is 2.10. The van der Waals surface area contributed by atoms with Crippen LogP contribution in [0, 0.1) is 0 Å². The van der Waals surface area contributed by atoms with Gasteiger partial charge in [0.2, 0.25) is 0 Å². The van der Waals surface area contributed by atoms with Crippen LogP contribution in [0.15, 0.2) is 16.8 Å². The first-order chi connectivity index (χ1) is 7.14. The molecule has 0 aliphatic heterocycles. The van der Waals surface area contributed by atoms with Crippen LogP contribution in [0.2, 0.25) is 0 Å². The van der Waals surface area contributed by atoms with Gasteiger partial charge in [-0.1, -0.05) is 13.3 Å². The molecule has 0 saturated carbocycles. The van der Waals surface area contributed by atoms with Gasteiger partial charge in [0.15, 0.2) is 0 Å². The molecular formula is C12H21NOS. The Hall–Kier alpha value is -0.380. The van der Waals surface area contributed by atoms with E-state index in [-0.39, 0.29) is 0 Å². The van der Waals surface area contributed by atoms with E-state index in [1.54, 1.807) is 11.3 Å². The number of rotatable bonds is 7. The van der Waals surface area contributed by atoms with Gasteiger partial charge in [0.05, 0.1) is 5.60 Å². The molecule has 1 atom stereocenters. The second-order valence-electron chi connectivity index (χ2n) is 4.31. The molecule has 0 spiro atoms. The maximum Gasteiger partial charge on any atom is 0.0743 e. The van der Waals surface area contributed by atoms with E-state index in [1.807, 2.05) is 6.92 Å². The fourth-order valence-electron chi connectivity index (χ4n) is 1.65. The maximum absolute atomic E-state index is 9.91. The second kappa shape index (κ2) is 6.26. The Balaban J connectivity index is 2.11. The van der Waals surface area contributed by atoms with Crippen LogP contribution >= 0.6 is 11.3 Å². The summed E-state index contributed by atoms with van der Waals surface area (Å²) in [4.78, 5) is 0. The Morgan fingerprint density at radius 1 is 1.53 bits per heavy atom. The molecule has 1 aromatic heterocycles. The SMILES string of the molecule is CCCC(C)(O)CNCCc1ccsc1. The molecule has 0 saturated heterocycles. The van der Waals surface area contributed by atoms with E-state index in [0.29, 0.717) is 6.54 Å². The van der Waals surface area contributed by atoms with E-state index in [2.05, 4.69) is 29.1 Å². The average molecular weight is 227 g/mol. The molecule has 0 aliphatic rings. The molecule has 1 unspecified atom stereocenters. The van der Waals surface area contributed by atoms with Crippen molar-refractivity contribution < 1.29 is 5.11 Å². The molecule has 2 N–H and O–H groups in total. The zero-order valence-electron chi connectivity index (χ0n) is 9.62. The third-order valence-corrected chi connectivity index (χ3v) is 3.20. The third kappa shape index (κ3) is 5.30. The van der Waals surface area contributed by atoms with E-state index in [0.717, 1.165) is 25.8 Å². The van der Waals surface area contributed by atoms with E-state index >= 15 is 0 Å². The fraction of sp³-hybridized carbons (Fsp3) is 0.667. The minimum absolute atomic E-state index is 0.552. The van der Waals surface area contributed by atoms with Crippen LogP contribution in [-0.4, -0.2) is 23.8 Å². The molecule has 86 valence electrons. The molecule has 0 aromatic carbocycles. The van der Waals surface area contributed by atoms with Crippen LogP contribution in [0.4, 0.5) is 0 Å². The first-order valence-corrected chi connectivity index (χ1v) is 6.52. The summed E-state index contributed by atoms with van der Waals surface area (Å²) in [5.41, 5.74) is 0.825. The quantitative estimate of drug-likeness (QED) is 0.701. The summed E-state index contributed by atoms with van der Waals surface area (Å²) < 4.78 is 0. The molecule has 15 heavy (non-hydrogen) atoms. The molecular weight excluding hydrogens is 206 g/mol. The lowest BCUT2D eigenvalue weighted by molar-refractivity contribution is 0.0504. The van der Waals surface area contributed by atoms with Gasteiger partial charge >= 0.3 is 0 Å². The van der Waals surface area contributed by atoms with Crippen LogP contribution in [-0.2, 0) is 6.42 Å². The van der Waals surface area contributed by atoms with Crippen LogP contribution < -0.4 is 5.32 Å². The van der Waals surface area contributed by atoms with Crippen molar-refractivity contribution in [3.8, 4) is 0 Å². The van der Waals surface area contributed by atoms with Crippen LogP contribution in [0.1, 0.15) is 32.3 Å². The average Bonchev–Trinajstić information content (AvgIpc) is 2.65. The number of nitrogens with one attached hydrogen (secondary N) is 1. The Morgan fingerprint density at radius 2 is 2.33 bits per heavy atom. The second-order valence-corrected chi connectivity index (χ2v) is 5.09. The molecule has 1 heterocycles. The van der Waals surface area contributed by atoms with Crippen molar-refractivity contribution in [2.24, 2.45) is 0 Å². The first kappa shape index (κ1) is 12.7. The van der Waals surface area contributed by atoms with Gasteiger partial charge < -0.3 is 10.4 Å². The topological polar surface area (TPSA) is 32.3 Å². The molecule has 1 rings (SSSR count). The smallest absolute Gasteiger partial charge is 0.0743 e. The van der Waals surface area contributed by atoms with Crippen LogP contribution in [0.25, 0.3) is 0 Å². The highest BCUT2D eigenvalue weighted by atomic mass is 32.1. The Morgan fingerprint density at radius 3 is 2.93 bits per heavy atom. The normalized spacial score (nSPS) is 15.1. The van der Waals surface area contributed by atoms with Crippen molar-refractivity contribution in [1.29, 1.82) is 0 Å². The summed E-state index contributed by atoms with van der Waals surface area (Å²) in [6.45, 7) is 5.62. The van der Waals surface area contributed by atoms with E-state index in [4.69, 9.17) is 0 Å². The van der Waals surface area contributed by atoms with Gasteiger partial charge in [0.1, 0.15) is 0 Å². The lowest BCUT2D eigenvalue weighted by atomic mass is 10.0. The van der Waals surface area contributed by atoms with Crippen LogP contribution in [0.3, 0.4) is 0 Å². The highest BCUT2D eigenvalue weighted by molar-refractivity contribution is 7.07. The van der Waals surface area contributed by atoms with Crippen LogP contribution in [0.5, 0.6) is 0 Å². The maximum atomic E-state index is 9.91. The number of aliphatic hydroxyl groups is 1. The van der Waals surface area contributed by atoms with Gasteiger partial charge in [-0.2, -0.15) is 11.3 Å². The molecule has 0 fully saturated rings. The first-order valence-electron chi connectivity index (χ1n) is 5.58. The summed E-state index contributed by atoms with van der Waals surface area (Å²) in [7, 11) is 0. The largest absolute Gasteiger partial charge is 0.389 e. The van der Waals surface area contributed by atoms with E-state index < -0.39 is 5.60 Å². The zero-order chi connectivity index (χ0) is 11.1. The predicted octanol–water partition coefficient (Wildman–Crippen LogP) is 2.43. The summed E-state index contributed by atoms with van der Waals surface area (Å²) in [6, 6.07) is 2.15. The van der Waals surface area contributed by atoms with Crippen molar-refractivity contribution in [1.82, 2.24) is 5.32 Å².